The Morgan fingerprint density at radius 2 is 1.88 bits per heavy atom. The molecule has 3 nitrogen and oxygen atoms in total. The molecule has 0 saturated heterocycles. The largest absolute Gasteiger partial charge is 0.354 e. The van der Waals surface area contributed by atoms with Gasteiger partial charge in [-0.2, -0.15) is 0 Å². The first kappa shape index (κ1) is 12.6. The number of ether oxygens (including phenoxy) is 2. The molecule has 1 atom stereocenters. The number of fused-ring (bicyclic) bond motifs is 1. The maximum atomic E-state index is 6.07. The van der Waals surface area contributed by atoms with Crippen LogP contribution in [0.2, 0.25) is 0 Å². The molecule has 0 aromatic heterocycles. The lowest BCUT2D eigenvalue weighted by atomic mass is 10.0. The molecule has 0 spiro atoms. The molecular weight excluding hydrogens is 214 g/mol. The van der Waals surface area contributed by atoms with E-state index in [1.165, 1.54) is 36.0 Å². The van der Waals surface area contributed by atoms with Gasteiger partial charge in [0, 0.05) is 14.2 Å². The number of rotatable bonds is 5. The van der Waals surface area contributed by atoms with Gasteiger partial charge < -0.3 is 15.2 Å². The zero-order valence-corrected chi connectivity index (χ0v) is 10.6. The number of aryl methyl sites for hydroxylation is 2. The Morgan fingerprint density at radius 1 is 1.18 bits per heavy atom. The van der Waals surface area contributed by atoms with Crippen LogP contribution in [0.15, 0.2) is 18.2 Å². The second-order valence-corrected chi connectivity index (χ2v) is 4.66. The van der Waals surface area contributed by atoms with Crippen LogP contribution < -0.4 is 5.73 Å². The fraction of sp³-hybridized carbons (Fsp3) is 0.571. The summed E-state index contributed by atoms with van der Waals surface area (Å²) in [4.78, 5) is 0. The monoisotopic (exact) mass is 235 g/mol. The predicted molar refractivity (Wildman–Crippen MR) is 68.0 cm³/mol. The minimum absolute atomic E-state index is 0.121. The van der Waals surface area contributed by atoms with E-state index in [2.05, 4.69) is 18.2 Å². The number of hydrogen-bond donors (Lipinski definition) is 1. The fourth-order valence-electron chi connectivity index (χ4n) is 2.57. The Bertz CT molecular complexity index is 374. The zero-order chi connectivity index (χ0) is 12.3. The summed E-state index contributed by atoms with van der Waals surface area (Å²) in [6.45, 7) is 0. The highest BCUT2D eigenvalue weighted by Gasteiger charge is 2.18. The van der Waals surface area contributed by atoms with E-state index in [0.717, 1.165) is 6.42 Å². The van der Waals surface area contributed by atoms with Crippen molar-refractivity contribution in [3.8, 4) is 0 Å². The average Bonchev–Trinajstić information content (AvgIpc) is 2.77. The summed E-state index contributed by atoms with van der Waals surface area (Å²) in [5, 5.41) is 0. The van der Waals surface area contributed by atoms with Crippen LogP contribution in [-0.2, 0) is 28.7 Å². The molecule has 1 aliphatic rings. The van der Waals surface area contributed by atoms with E-state index in [1.54, 1.807) is 14.2 Å². The Kier molecular flexibility index (Phi) is 4.15. The average molecular weight is 235 g/mol. The van der Waals surface area contributed by atoms with Crippen molar-refractivity contribution < 1.29 is 9.47 Å². The van der Waals surface area contributed by atoms with Crippen molar-refractivity contribution in [2.75, 3.05) is 14.2 Å². The zero-order valence-electron chi connectivity index (χ0n) is 10.6. The Labute approximate surface area is 103 Å². The third-order valence-electron chi connectivity index (χ3n) is 3.45. The molecule has 3 heteroatoms. The molecule has 2 N–H and O–H groups in total. The molecule has 1 unspecified atom stereocenters. The van der Waals surface area contributed by atoms with E-state index in [9.17, 15) is 0 Å². The molecule has 0 aliphatic heterocycles. The lowest BCUT2D eigenvalue weighted by molar-refractivity contribution is -0.115. The van der Waals surface area contributed by atoms with Crippen LogP contribution in [0.4, 0.5) is 0 Å². The van der Waals surface area contributed by atoms with Crippen LogP contribution >= 0.6 is 0 Å². The standard InChI is InChI=1S/C14H21NO2/c1-16-14(17-2)13(15)9-10-6-7-11-4-3-5-12(11)8-10/h6-8,13-14H,3-5,9,15H2,1-2H3. The maximum Gasteiger partial charge on any atom is 0.172 e. The van der Waals surface area contributed by atoms with Gasteiger partial charge in [0.2, 0.25) is 0 Å². The van der Waals surface area contributed by atoms with Crippen LogP contribution in [-0.4, -0.2) is 26.6 Å². The minimum atomic E-state index is -0.330. The van der Waals surface area contributed by atoms with Crippen molar-refractivity contribution in [3.63, 3.8) is 0 Å². The molecule has 0 fully saturated rings. The summed E-state index contributed by atoms with van der Waals surface area (Å²) < 4.78 is 10.4. The molecule has 0 heterocycles. The topological polar surface area (TPSA) is 44.5 Å². The molecule has 1 aliphatic carbocycles. The highest BCUT2D eigenvalue weighted by Crippen LogP contribution is 2.23. The number of hydrogen-bond acceptors (Lipinski definition) is 3. The lowest BCUT2D eigenvalue weighted by Gasteiger charge is -2.21. The fourth-order valence-corrected chi connectivity index (χ4v) is 2.57. The van der Waals surface area contributed by atoms with E-state index in [4.69, 9.17) is 15.2 Å². The lowest BCUT2D eigenvalue weighted by Crippen LogP contribution is -2.39. The van der Waals surface area contributed by atoms with Crippen LogP contribution in [0.5, 0.6) is 0 Å². The van der Waals surface area contributed by atoms with E-state index in [-0.39, 0.29) is 12.3 Å². The van der Waals surface area contributed by atoms with Crippen molar-refractivity contribution in [2.24, 2.45) is 5.73 Å². The molecule has 2 rings (SSSR count). The molecule has 1 aromatic rings. The molecule has 94 valence electrons. The van der Waals surface area contributed by atoms with Gasteiger partial charge in [-0.05, 0) is 42.4 Å². The maximum absolute atomic E-state index is 6.07. The first-order valence-corrected chi connectivity index (χ1v) is 6.16. The van der Waals surface area contributed by atoms with Gasteiger partial charge in [-0.1, -0.05) is 18.2 Å². The van der Waals surface area contributed by atoms with Gasteiger partial charge in [0.25, 0.3) is 0 Å². The smallest absolute Gasteiger partial charge is 0.172 e. The van der Waals surface area contributed by atoms with Crippen molar-refractivity contribution >= 4 is 0 Å². The molecule has 1 aromatic carbocycles. The van der Waals surface area contributed by atoms with Crippen molar-refractivity contribution in [2.45, 2.75) is 38.0 Å². The van der Waals surface area contributed by atoms with Gasteiger partial charge in [0.05, 0.1) is 6.04 Å². The number of methoxy groups -OCH3 is 2. The van der Waals surface area contributed by atoms with Crippen molar-refractivity contribution in [1.82, 2.24) is 0 Å². The third-order valence-corrected chi connectivity index (χ3v) is 3.45. The Morgan fingerprint density at radius 3 is 2.59 bits per heavy atom. The Balaban J connectivity index is 2.03. The molecule has 0 radical (unpaired) electrons. The van der Waals surface area contributed by atoms with Gasteiger partial charge in [-0.3, -0.25) is 0 Å². The van der Waals surface area contributed by atoms with Crippen LogP contribution in [0.3, 0.4) is 0 Å². The van der Waals surface area contributed by atoms with Crippen LogP contribution in [0, 0.1) is 0 Å². The van der Waals surface area contributed by atoms with Gasteiger partial charge in [0.1, 0.15) is 0 Å². The summed E-state index contributed by atoms with van der Waals surface area (Å²) in [6.07, 6.45) is 4.17. The summed E-state index contributed by atoms with van der Waals surface area (Å²) in [7, 11) is 3.24. The first-order chi connectivity index (χ1) is 8.24. The van der Waals surface area contributed by atoms with E-state index >= 15 is 0 Å². The van der Waals surface area contributed by atoms with Crippen LogP contribution in [0.25, 0.3) is 0 Å². The minimum Gasteiger partial charge on any atom is -0.354 e. The van der Waals surface area contributed by atoms with E-state index in [0.29, 0.717) is 0 Å². The first-order valence-electron chi connectivity index (χ1n) is 6.16. The molecule has 0 bridgehead atoms. The third kappa shape index (κ3) is 2.86. The van der Waals surface area contributed by atoms with E-state index in [1.807, 2.05) is 0 Å². The highest BCUT2D eigenvalue weighted by atomic mass is 16.7. The van der Waals surface area contributed by atoms with Crippen molar-refractivity contribution in [3.05, 3.63) is 34.9 Å². The van der Waals surface area contributed by atoms with E-state index < -0.39 is 0 Å². The van der Waals surface area contributed by atoms with Crippen molar-refractivity contribution in [1.29, 1.82) is 0 Å². The molecule has 0 amide bonds. The van der Waals surface area contributed by atoms with Crippen LogP contribution in [0.1, 0.15) is 23.1 Å². The van der Waals surface area contributed by atoms with Gasteiger partial charge in [-0.15, -0.1) is 0 Å². The Hall–Kier alpha value is -0.900. The number of nitrogens with two attached hydrogens (primary N) is 1. The summed E-state index contributed by atoms with van der Waals surface area (Å²) in [5.41, 5.74) is 10.3. The quantitative estimate of drug-likeness (QED) is 0.789. The molecule has 17 heavy (non-hydrogen) atoms. The second-order valence-electron chi connectivity index (χ2n) is 4.66. The normalized spacial score (nSPS) is 16.2. The molecular formula is C14H21NO2. The van der Waals surface area contributed by atoms with Gasteiger partial charge in [-0.25, -0.2) is 0 Å². The van der Waals surface area contributed by atoms with Gasteiger partial charge in [0.15, 0.2) is 6.29 Å². The summed E-state index contributed by atoms with van der Waals surface area (Å²) in [6, 6.07) is 6.57. The predicted octanol–water partition coefficient (Wildman–Crippen LogP) is 1.66. The number of benzene rings is 1. The molecule has 0 saturated carbocycles. The second kappa shape index (κ2) is 5.63. The van der Waals surface area contributed by atoms with Gasteiger partial charge >= 0.3 is 0 Å². The SMILES string of the molecule is COC(OC)C(N)Cc1ccc2c(c1)CCC2. The summed E-state index contributed by atoms with van der Waals surface area (Å²) >= 11 is 0. The highest BCUT2D eigenvalue weighted by molar-refractivity contribution is 5.35. The summed E-state index contributed by atoms with van der Waals surface area (Å²) in [5.74, 6) is 0.